The van der Waals surface area contributed by atoms with Crippen LogP contribution in [0.1, 0.15) is 36.1 Å². The third kappa shape index (κ3) is 2.28. The fourth-order valence-electron chi connectivity index (χ4n) is 2.56. The van der Waals surface area contributed by atoms with E-state index in [1.54, 1.807) is 0 Å². The molecular weight excluding hydrogens is 228 g/mol. The van der Waals surface area contributed by atoms with E-state index < -0.39 is 0 Å². The molecule has 1 aliphatic rings. The molecule has 96 valence electrons. The topological polar surface area (TPSA) is 0 Å². The molecule has 2 aromatic rings. The lowest BCUT2D eigenvalue weighted by Crippen LogP contribution is -1.93. The molecule has 0 nitrogen and oxygen atoms in total. The first-order valence-electron chi connectivity index (χ1n) is 6.90. The first kappa shape index (κ1) is 13.4. The summed E-state index contributed by atoms with van der Waals surface area (Å²) >= 11 is 0. The zero-order valence-corrected chi connectivity index (χ0v) is 12.1. The van der Waals surface area contributed by atoms with Gasteiger partial charge in [-0.05, 0) is 59.0 Å². The van der Waals surface area contributed by atoms with Crippen LogP contribution in [0.15, 0.2) is 42.1 Å². The average Bonchev–Trinajstić information content (AvgIpc) is 2.73. The van der Waals surface area contributed by atoms with Gasteiger partial charge in [-0.2, -0.15) is 0 Å². The number of allylic oxidation sites excluding steroid dienone is 2. The summed E-state index contributed by atoms with van der Waals surface area (Å²) in [7, 11) is 0. The Morgan fingerprint density at radius 1 is 0.842 bits per heavy atom. The molecule has 0 saturated carbocycles. The standard InChI is InChI=1S/C17H14.C2H6/c1-12-14-8-4-3-5-9-15(14)13(2)17-11-7-6-10-16(12)17;1-2/h3-4,6-11H,1-2H3;1-2H3. The van der Waals surface area contributed by atoms with Crippen molar-refractivity contribution in [3.63, 3.8) is 0 Å². The van der Waals surface area contributed by atoms with Gasteiger partial charge in [-0.3, -0.25) is 0 Å². The van der Waals surface area contributed by atoms with E-state index in [1.165, 1.54) is 33.0 Å². The first-order valence-corrected chi connectivity index (χ1v) is 6.90. The van der Waals surface area contributed by atoms with Crippen LogP contribution in [0.25, 0.3) is 22.9 Å². The maximum Gasteiger partial charge on any atom is -0.00684 e. The number of hydrogen-bond donors (Lipinski definition) is 0. The molecule has 3 rings (SSSR count). The number of fused-ring (bicyclic) bond motifs is 2. The Hall–Kier alpha value is -2.04. The van der Waals surface area contributed by atoms with E-state index >= 15 is 0 Å². The minimum absolute atomic E-state index is 1.30. The number of rotatable bonds is 0. The predicted molar refractivity (Wildman–Crippen MR) is 86.4 cm³/mol. The van der Waals surface area contributed by atoms with Crippen LogP contribution in [0.3, 0.4) is 0 Å². The largest absolute Gasteiger partial charge is 0.120 e. The molecule has 0 N–H and O–H groups in total. The smallest absolute Gasteiger partial charge is 0.00684 e. The van der Waals surface area contributed by atoms with Gasteiger partial charge in [-0.25, -0.2) is 0 Å². The Morgan fingerprint density at radius 2 is 1.42 bits per heavy atom. The third-order valence-electron chi connectivity index (χ3n) is 3.52. The Morgan fingerprint density at radius 3 is 2.05 bits per heavy atom. The highest BCUT2D eigenvalue weighted by Crippen LogP contribution is 2.32. The molecular formula is C19H20. The van der Waals surface area contributed by atoms with Gasteiger partial charge in [0.15, 0.2) is 0 Å². The quantitative estimate of drug-likeness (QED) is 0.526. The van der Waals surface area contributed by atoms with Crippen molar-refractivity contribution in [3.05, 3.63) is 64.4 Å². The van der Waals surface area contributed by atoms with Gasteiger partial charge < -0.3 is 0 Å². The molecule has 2 aromatic carbocycles. The lowest BCUT2D eigenvalue weighted by atomic mass is 9.90. The molecule has 0 unspecified atom stereocenters. The van der Waals surface area contributed by atoms with Gasteiger partial charge in [-0.1, -0.05) is 50.3 Å². The maximum atomic E-state index is 3.20. The highest BCUT2D eigenvalue weighted by atomic mass is 14.1. The second-order valence-corrected chi connectivity index (χ2v) is 4.46. The van der Waals surface area contributed by atoms with Crippen LogP contribution in [-0.2, 0) is 0 Å². The second kappa shape index (κ2) is 5.73. The van der Waals surface area contributed by atoms with Gasteiger partial charge in [0, 0.05) is 0 Å². The Bertz CT molecular complexity index is 694. The molecule has 0 saturated heterocycles. The van der Waals surface area contributed by atoms with Crippen molar-refractivity contribution in [2.24, 2.45) is 0 Å². The Labute approximate surface area is 115 Å². The van der Waals surface area contributed by atoms with Crippen molar-refractivity contribution < 1.29 is 0 Å². The fraction of sp³-hybridized carbons (Fsp3) is 0.211. The third-order valence-corrected chi connectivity index (χ3v) is 3.52. The highest BCUT2D eigenvalue weighted by Gasteiger charge is 2.11. The van der Waals surface area contributed by atoms with Crippen LogP contribution in [-0.4, -0.2) is 0 Å². The zero-order valence-electron chi connectivity index (χ0n) is 12.1. The molecule has 0 spiro atoms. The van der Waals surface area contributed by atoms with Gasteiger partial charge in [0.05, 0.1) is 0 Å². The van der Waals surface area contributed by atoms with E-state index in [0.717, 1.165) is 0 Å². The van der Waals surface area contributed by atoms with Crippen LogP contribution in [0, 0.1) is 13.8 Å². The van der Waals surface area contributed by atoms with E-state index in [4.69, 9.17) is 0 Å². The number of aryl methyl sites for hydroxylation is 2. The molecule has 0 aromatic heterocycles. The normalized spacial score (nSPS) is 11.8. The van der Waals surface area contributed by atoms with Gasteiger partial charge in [0.25, 0.3) is 0 Å². The molecule has 0 heteroatoms. The molecule has 1 aliphatic carbocycles. The van der Waals surface area contributed by atoms with Crippen molar-refractivity contribution in [2.45, 2.75) is 27.7 Å². The summed E-state index contributed by atoms with van der Waals surface area (Å²) in [5.74, 6) is 0. The molecule has 0 fully saturated rings. The van der Waals surface area contributed by atoms with Gasteiger partial charge in [-0.15, -0.1) is 5.73 Å². The fourth-order valence-corrected chi connectivity index (χ4v) is 2.56. The van der Waals surface area contributed by atoms with Crippen LogP contribution >= 0.6 is 0 Å². The maximum absolute atomic E-state index is 3.20. The van der Waals surface area contributed by atoms with Crippen molar-refractivity contribution >= 4 is 22.9 Å². The summed E-state index contributed by atoms with van der Waals surface area (Å²) in [5.41, 5.74) is 8.51. The lowest BCUT2D eigenvalue weighted by molar-refractivity contribution is 1.41. The van der Waals surface area contributed by atoms with Crippen molar-refractivity contribution in [2.75, 3.05) is 0 Å². The van der Waals surface area contributed by atoms with E-state index in [1.807, 2.05) is 19.9 Å². The van der Waals surface area contributed by atoms with Gasteiger partial charge >= 0.3 is 0 Å². The van der Waals surface area contributed by atoms with Crippen molar-refractivity contribution in [1.29, 1.82) is 0 Å². The SMILES string of the molecule is CC.Cc1c2c(c(C)c3ccccc13)C=CC=C=C2. The van der Waals surface area contributed by atoms with Crippen LogP contribution < -0.4 is 0 Å². The molecule has 0 atom stereocenters. The second-order valence-electron chi connectivity index (χ2n) is 4.46. The van der Waals surface area contributed by atoms with Crippen LogP contribution in [0.2, 0.25) is 0 Å². The predicted octanol–water partition coefficient (Wildman–Crippen LogP) is 5.68. The summed E-state index contributed by atoms with van der Waals surface area (Å²) in [6, 6.07) is 8.61. The Kier molecular flexibility index (Phi) is 4.04. The highest BCUT2D eigenvalue weighted by molar-refractivity contribution is 5.95. The Balaban J connectivity index is 0.000000637. The van der Waals surface area contributed by atoms with E-state index in [0.29, 0.717) is 0 Å². The zero-order chi connectivity index (χ0) is 13.8. The summed E-state index contributed by atoms with van der Waals surface area (Å²) in [5, 5.41) is 2.70. The summed E-state index contributed by atoms with van der Waals surface area (Å²) in [6.07, 6.45) is 8.29. The summed E-state index contributed by atoms with van der Waals surface area (Å²) in [6.45, 7) is 8.39. The van der Waals surface area contributed by atoms with Crippen LogP contribution in [0.5, 0.6) is 0 Å². The number of hydrogen-bond acceptors (Lipinski definition) is 0. The van der Waals surface area contributed by atoms with Crippen LogP contribution in [0.4, 0.5) is 0 Å². The molecule has 0 radical (unpaired) electrons. The average molecular weight is 248 g/mol. The van der Waals surface area contributed by atoms with Gasteiger partial charge in [0.2, 0.25) is 0 Å². The lowest BCUT2D eigenvalue weighted by Gasteiger charge is -2.14. The van der Waals surface area contributed by atoms with E-state index in [2.05, 4.69) is 62.1 Å². The van der Waals surface area contributed by atoms with E-state index in [9.17, 15) is 0 Å². The monoisotopic (exact) mass is 248 g/mol. The molecule has 0 aliphatic heterocycles. The first-order chi connectivity index (χ1) is 9.29. The summed E-state index contributed by atoms with van der Waals surface area (Å²) in [4.78, 5) is 0. The van der Waals surface area contributed by atoms with Gasteiger partial charge in [0.1, 0.15) is 0 Å². The minimum Gasteiger partial charge on any atom is -0.120 e. The van der Waals surface area contributed by atoms with Crippen molar-refractivity contribution in [1.82, 2.24) is 0 Å². The van der Waals surface area contributed by atoms with E-state index in [-0.39, 0.29) is 0 Å². The molecule has 0 bridgehead atoms. The number of benzene rings is 2. The minimum atomic E-state index is 1.30. The summed E-state index contributed by atoms with van der Waals surface area (Å²) < 4.78 is 0. The molecule has 0 heterocycles. The molecule has 19 heavy (non-hydrogen) atoms. The van der Waals surface area contributed by atoms with Crippen molar-refractivity contribution in [3.8, 4) is 0 Å². The molecule has 0 amide bonds.